The number of thiophene rings is 2. The number of carbonyl (C=O) groups is 1. The lowest BCUT2D eigenvalue weighted by molar-refractivity contribution is -0.116. The molecule has 3 aromatic rings. The zero-order valence-electron chi connectivity index (χ0n) is 13.5. The standard InChI is InChI=1S/C18H14BrN3O2S2/c19-13-4-3-12(26-13)15-14-9(20-17-16(15)18(24)22-21-17)6-8(7-10(14)23)11-2-1-5-25-11/h1-5,8,15H,6-7H2,(H3,20,21,22,24)/t8-,15+/m0/s1. The molecule has 0 unspecified atom stereocenters. The zero-order valence-corrected chi connectivity index (χ0v) is 16.7. The number of rotatable bonds is 2. The molecule has 5 nitrogen and oxygen atoms in total. The Labute approximate surface area is 165 Å². The highest BCUT2D eigenvalue weighted by molar-refractivity contribution is 9.11. The van der Waals surface area contributed by atoms with Crippen LogP contribution >= 0.6 is 38.6 Å². The predicted octanol–water partition coefficient (Wildman–Crippen LogP) is 4.55. The highest BCUT2D eigenvalue weighted by Crippen LogP contribution is 2.48. The van der Waals surface area contributed by atoms with Gasteiger partial charge in [0, 0.05) is 33.4 Å². The molecule has 5 rings (SSSR count). The molecule has 4 heterocycles. The number of Topliss-reactive ketones (excluding diaryl/α,β-unsaturated/α-hetero) is 1. The molecule has 8 heteroatoms. The first kappa shape index (κ1) is 16.3. The van der Waals surface area contributed by atoms with E-state index >= 15 is 0 Å². The molecule has 26 heavy (non-hydrogen) atoms. The summed E-state index contributed by atoms with van der Waals surface area (Å²) in [6.07, 6.45) is 1.26. The molecule has 132 valence electrons. The molecule has 0 radical (unpaired) electrons. The molecule has 0 saturated heterocycles. The minimum Gasteiger partial charge on any atom is -0.343 e. The average Bonchev–Trinajstić information content (AvgIpc) is 3.35. The maximum absolute atomic E-state index is 13.1. The lowest BCUT2D eigenvalue weighted by Crippen LogP contribution is -2.31. The first-order valence-corrected chi connectivity index (χ1v) is 10.7. The molecule has 0 amide bonds. The van der Waals surface area contributed by atoms with Crippen molar-refractivity contribution in [2.45, 2.75) is 24.7 Å². The number of allylic oxidation sites excluding steroid dienone is 2. The quantitative estimate of drug-likeness (QED) is 0.539. The van der Waals surface area contributed by atoms with Crippen molar-refractivity contribution in [3.05, 3.63) is 70.4 Å². The molecule has 0 aromatic carbocycles. The Morgan fingerprint density at radius 3 is 2.69 bits per heavy atom. The van der Waals surface area contributed by atoms with Crippen LogP contribution < -0.4 is 10.9 Å². The minimum atomic E-state index is -0.315. The Hall–Kier alpha value is -1.90. The van der Waals surface area contributed by atoms with Crippen molar-refractivity contribution in [1.29, 1.82) is 0 Å². The zero-order chi connectivity index (χ0) is 17.8. The normalized spacial score (nSPS) is 22.1. The second-order valence-electron chi connectivity index (χ2n) is 6.50. The van der Waals surface area contributed by atoms with Crippen LogP contribution in [-0.2, 0) is 4.79 Å². The van der Waals surface area contributed by atoms with Gasteiger partial charge in [0.2, 0.25) is 0 Å². The van der Waals surface area contributed by atoms with Gasteiger partial charge in [0.15, 0.2) is 5.78 Å². The van der Waals surface area contributed by atoms with Gasteiger partial charge in [-0.3, -0.25) is 19.8 Å². The third-order valence-corrected chi connectivity index (χ3v) is 7.72. The molecular weight excluding hydrogens is 434 g/mol. The van der Waals surface area contributed by atoms with Gasteiger partial charge < -0.3 is 5.32 Å². The number of nitrogens with one attached hydrogen (secondary N) is 3. The molecule has 0 saturated carbocycles. The van der Waals surface area contributed by atoms with Gasteiger partial charge in [-0.2, -0.15) is 0 Å². The lowest BCUT2D eigenvalue weighted by Gasteiger charge is -2.33. The maximum Gasteiger partial charge on any atom is 0.270 e. The highest BCUT2D eigenvalue weighted by atomic mass is 79.9. The fraction of sp³-hybridized carbons (Fsp3) is 0.222. The summed E-state index contributed by atoms with van der Waals surface area (Å²) >= 11 is 6.75. The lowest BCUT2D eigenvalue weighted by atomic mass is 9.76. The molecule has 2 aliphatic rings. The maximum atomic E-state index is 13.1. The number of fused-ring (bicyclic) bond motifs is 1. The van der Waals surface area contributed by atoms with Gasteiger partial charge >= 0.3 is 0 Å². The van der Waals surface area contributed by atoms with Crippen LogP contribution in [0, 0.1) is 0 Å². The Morgan fingerprint density at radius 1 is 1.08 bits per heavy atom. The molecule has 0 spiro atoms. The first-order valence-electron chi connectivity index (χ1n) is 8.24. The summed E-state index contributed by atoms with van der Waals surface area (Å²) in [7, 11) is 0. The third-order valence-electron chi connectivity index (χ3n) is 5.00. The molecule has 0 fully saturated rings. The van der Waals surface area contributed by atoms with Gasteiger partial charge in [-0.15, -0.1) is 22.7 Å². The summed E-state index contributed by atoms with van der Waals surface area (Å²) < 4.78 is 0.987. The Kier molecular flexibility index (Phi) is 3.80. The molecule has 1 aliphatic carbocycles. The van der Waals surface area contributed by atoms with Gasteiger partial charge in [-0.1, -0.05) is 6.07 Å². The van der Waals surface area contributed by atoms with E-state index in [1.54, 1.807) is 22.7 Å². The van der Waals surface area contributed by atoms with E-state index in [-0.39, 0.29) is 23.2 Å². The average molecular weight is 448 g/mol. The number of hydrogen-bond donors (Lipinski definition) is 3. The van der Waals surface area contributed by atoms with Crippen LogP contribution in [0.2, 0.25) is 0 Å². The Balaban J connectivity index is 1.66. The number of aromatic amines is 2. The first-order chi connectivity index (χ1) is 12.6. The SMILES string of the molecule is O=C1C[C@@H](c2cccs2)CC2=C1[C@@H](c1ccc(Br)s1)c1c([nH][nH]c1=O)N2. The fourth-order valence-electron chi connectivity index (χ4n) is 3.91. The van der Waals surface area contributed by atoms with Gasteiger partial charge in [0.1, 0.15) is 5.82 Å². The van der Waals surface area contributed by atoms with Gasteiger partial charge in [-0.25, -0.2) is 0 Å². The summed E-state index contributed by atoms with van der Waals surface area (Å²) in [5.74, 6) is 0.668. The fourth-order valence-corrected chi connectivity index (χ4v) is 6.29. The number of hydrogen-bond acceptors (Lipinski definition) is 5. The van der Waals surface area contributed by atoms with Crippen LogP contribution in [0.25, 0.3) is 0 Å². The smallest absolute Gasteiger partial charge is 0.270 e. The van der Waals surface area contributed by atoms with Crippen LogP contribution in [0.15, 0.2) is 49.5 Å². The summed E-state index contributed by atoms with van der Waals surface area (Å²) in [5, 5.41) is 11.0. The van der Waals surface area contributed by atoms with Crippen LogP contribution in [-0.4, -0.2) is 16.0 Å². The Morgan fingerprint density at radius 2 is 1.96 bits per heavy atom. The number of aromatic nitrogens is 2. The van der Waals surface area contributed by atoms with E-state index in [9.17, 15) is 9.59 Å². The number of halogens is 1. The monoisotopic (exact) mass is 447 g/mol. The summed E-state index contributed by atoms with van der Waals surface area (Å²) in [4.78, 5) is 27.8. The van der Waals surface area contributed by atoms with Gasteiger partial charge in [0.25, 0.3) is 5.56 Å². The van der Waals surface area contributed by atoms with Crippen molar-refractivity contribution < 1.29 is 4.79 Å². The van der Waals surface area contributed by atoms with Gasteiger partial charge in [-0.05, 0) is 45.9 Å². The van der Waals surface area contributed by atoms with E-state index in [0.717, 1.165) is 26.4 Å². The van der Waals surface area contributed by atoms with Crippen molar-refractivity contribution in [2.75, 3.05) is 5.32 Å². The second kappa shape index (κ2) is 6.07. The Bertz CT molecular complexity index is 1090. The van der Waals surface area contributed by atoms with Gasteiger partial charge in [0.05, 0.1) is 15.3 Å². The highest BCUT2D eigenvalue weighted by Gasteiger charge is 2.41. The van der Waals surface area contributed by atoms with E-state index in [1.165, 1.54) is 4.88 Å². The van der Waals surface area contributed by atoms with Crippen LogP contribution in [0.3, 0.4) is 0 Å². The van der Waals surface area contributed by atoms with Crippen molar-refractivity contribution in [1.82, 2.24) is 10.2 Å². The minimum absolute atomic E-state index is 0.123. The molecule has 2 atom stereocenters. The molecular formula is C18H14BrN3O2S2. The molecule has 0 bridgehead atoms. The van der Waals surface area contributed by atoms with E-state index < -0.39 is 0 Å². The van der Waals surface area contributed by atoms with Crippen molar-refractivity contribution in [2.24, 2.45) is 0 Å². The van der Waals surface area contributed by atoms with Crippen LogP contribution in [0.1, 0.15) is 40.0 Å². The summed E-state index contributed by atoms with van der Waals surface area (Å²) in [6.45, 7) is 0. The third kappa shape index (κ3) is 2.47. The van der Waals surface area contributed by atoms with Crippen LogP contribution in [0.5, 0.6) is 0 Å². The summed E-state index contributed by atoms with van der Waals surface area (Å²) in [6, 6.07) is 8.07. The molecule has 1 aliphatic heterocycles. The topological polar surface area (TPSA) is 77.8 Å². The predicted molar refractivity (Wildman–Crippen MR) is 107 cm³/mol. The molecule has 3 N–H and O–H groups in total. The van der Waals surface area contributed by atoms with E-state index in [1.807, 2.05) is 23.6 Å². The second-order valence-corrected chi connectivity index (χ2v) is 9.98. The van der Waals surface area contributed by atoms with Crippen molar-refractivity contribution in [3.63, 3.8) is 0 Å². The summed E-state index contributed by atoms with van der Waals surface area (Å²) in [5.41, 5.74) is 2.09. The van der Waals surface area contributed by atoms with Crippen LogP contribution in [0.4, 0.5) is 5.82 Å². The number of ketones is 1. The van der Waals surface area contributed by atoms with Crippen molar-refractivity contribution in [3.8, 4) is 0 Å². The largest absolute Gasteiger partial charge is 0.343 e. The molecule has 3 aromatic heterocycles. The van der Waals surface area contributed by atoms with E-state index in [4.69, 9.17) is 0 Å². The van der Waals surface area contributed by atoms with Crippen molar-refractivity contribution >= 4 is 50.2 Å². The van der Waals surface area contributed by atoms with E-state index in [2.05, 4.69) is 37.5 Å². The number of anilines is 1. The number of H-pyrrole nitrogens is 2. The van der Waals surface area contributed by atoms with E-state index in [0.29, 0.717) is 17.8 Å². The number of carbonyl (C=O) groups excluding carboxylic acids is 1.